The zero-order valence-corrected chi connectivity index (χ0v) is 30.6. The molecule has 0 saturated heterocycles. The van der Waals surface area contributed by atoms with Crippen molar-refractivity contribution in [3.8, 4) is 0 Å². The largest absolute Gasteiger partial charge is 0.481 e. The molecule has 0 heterocycles. The lowest BCUT2D eigenvalue weighted by Gasteiger charge is -2.73. The van der Waals surface area contributed by atoms with E-state index in [4.69, 9.17) is 9.47 Å². The molecule has 6 heteroatoms. The van der Waals surface area contributed by atoms with Gasteiger partial charge < -0.3 is 14.6 Å². The number of esters is 2. The van der Waals surface area contributed by atoms with E-state index < -0.39 is 11.4 Å². The Labute approximate surface area is 279 Å². The van der Waals surface area contributed by atoms with Crippen LogP contribution in [-0.2, 0) is 23.9 Å². The summed E-state index contributed by atoms with van der Waals surface area (Å²) in [4.78, 5) is 37.3. The summed E-state index contributed by atoms with van der Waals surface area (Å²) in [5, 5.41) is 9.57. The van der Waals surface area contributed by atoms with Crippen molar-refractivity contribution in [2.24, 2.45) is 62.1 Å². The van der Waals surface area contributed by atoms with Crippen LogP contribution in [0.4, 0.5) is 0 Å². The molecule has 260 valence electrons. The third-order valence-corrected chi connectivity index (χ3v) is 15.7. The molecule has 10 atom stereocenters. The number of rotatable bonds is 9. The number of allylic oxidation sites excluding steroid dienone is 1. The van der Waals surface area contributed by atoms with Crippen LogP contribution < -0.4 is 0 Å². The maximum atomic E-state index is 13.0. The zero-order valence-electron chi connectivity index (χ0n) is 30.6. The summed E-state index contributed by atoms with van der Waals surface area (Å²) in [6, 6.07) is 0. The second-order valence-electron chi connectivity index (χ2n) is 18.6. The topological polar surface area (TPSA) is 89.9 Å². The van der Waals surface area contributed by atoms with E-state index >= 15 is 0 Å². The SMILES string of the molecule is C=C(C)[C@@H]1CC[C@]2(CCC(=O)OCC)CC[C@]3(C)[C@H](CC[C@@H]4[C@@]5(C)CC[C@H](OC(=O)CC(C)(C)C(=O)O)C(C)(C)[C@@H]5CC[C@]43C)[C@@H]12. The zero-order chi connectivity index (χ0) is 34.1. The standard InChI is InChI=1S/C40H64O6/c1-11-45-31(41)17-21-40-20-14-26(25(2)3)33(40)27-12-13-29-37(8)18-16-30(46-32(42)24-35(4,5)34(43)44)36(6,7)28(37)15-19-39(29,10)38(27,9)22-23-40/h26-30,33H,2,11-24H2,1,3-10H3,(H,43,44)/t26-,27+,28-,29+,30-,33+,37-,38+,39+,40-/m0/s1. The van der Waals surface area contributed by atoms with Crippen molar-refractivity contribution in [3.63, 3.8) is 0 Å². The van der Waals surface area contributed by atoms with E-state index in [1.807, 2.05) is 6.92 Å². The maximum absolute atomic E-state index is 13.0. The highest BCUT2D eigenvalue weighted by Crippen LogP contribution is 2.78. The monoisotopic (exact) mass is 640 g/mol. The fourth-order valence-electron chi connectivity index (χ4n) is 13.1. The fraction of sp³-hybridized carbons (Fsp3) is 0.875. The van der Waals surface area contributed by atoms with Crippen LogP contribution in [0.25, 0.3) is 0 Å². The lowest BCUT2D eigenvalue weighted by atomic mass is 9.32. The van der Waals surface area contributed by atoms with Gasteiger partial charge in [-0.25, -0.2) is 0 Å². The lowest BCUT2D eigenvalue weighted by molar-refractivity contribution is -0.250. The Morgan fingerprint density at radius 2 is 1.54 bits per heavy atom. The smallest absolute Gasteiger partial charge is 0.309 e. The summed E-state index contributed by atoms with van der Waals surface area (Å²) < 4.78 is 11.6. The Morgan fingerprint density at radius 1 is 0.848 bits per heavy atom. The average Bonchev–Trinajstić information content (AvgIpc) is 3.34. The number of hydrogen-bond donors (Lipinski definition) is 1. The van der Waals surface area contributed by atoms with E-state index in [1.54, 1.807) is 13.8 Å². The summed E-state index contributed by atoms with van der Waals surface area (Å²) in [6.45, 7) is 24.8. The molecule has 0 bridgehead atoms. The van der Waals surface area contributed by atoms with Crippen LogP contribution >= 0.6 is 0 Å². The second kappa shape index (κ2) is 11.9. The molecule has 0 aromatic heterocycles. The van der Waals surface area contributed by atoms with E-state index in [0.29, 0.717) is 42.6 Å². The fourth-order valence-corrected chi connectivity index (χ4v) is 13.1. The summed E-state index contributed by atoms with van der Waals surface area (Å²) in [7, 11) is 0. The molecule has 5 aliphatic rings. The number of ether oxygens (including phenoxy) is 2. The van der Waals surface area contributed by atoms with Crippen LogP contribution in [0.2, 0.25) is 0 Å². The van der Waals surface area contributed by atoms with Crippen molar-refractivity contribution in [1.82, 2.24) is 0 Å². The second-order valence-corrected chi connectivity index (χ2v) is 18.6. The van der Waals surface area contributed by atoms with Crippen molar-refractivity contribution in [2.45, 2.75) is 152 Å². The normalized spacial score (nSPS) is 42.9. The molecular weight excluding hydrogens is 576 g/mol. The number of carboxylic acids is 1. The number of carbonyl (C=O) groups is 3. The number of fused-ring (bicyclic) bond motifs is 7. The maximum Gasteiger partial charge on any atom is 0.309 e. The van der Waals surface area contributed by atoms with Gasteiger partial charge in [0.2, 0.25) is 0 Å². The Kier molecular flexibility index (Phi) is 9.20. The Bertz CT molecular complexity index is 1230. The summed E-state index contributed by atoms with van der Waals surface area (Å²) in [5.41, 5.74) is 0.846. The third kappa shape index (κ3) is 5.38. The first-order valence-electron chi connectivity index (χ1n) is 18.5. The molecule has 0 spiro atoms. The number of carbonyl (C=O) groups excluding carboxylic acids is 2. The van der Waals surface area contributed by atoms with E-state index in [9.17, 15) is 19.5 Å². The van der Waals surface area contributed by atoms with Crippen molar-refractivity contribution in [3.05, 3.63) is 12.2 Å². The van der Waals surface area contributed by atoms with Gasteiger partial charge in [-0.05, 0) is 150 Å². The van der Waals surface area contributed by atoms with Crippen molar-refractivity contribution >= 4 is 17.9 Å². The van der Waals surface area contributed by atoms with Gasteiger partial charge in [-0.2, -0.15) is 0 Å². The minimum Gasteiger partial charge on any atom is -0.481 e. The molecule has 0 aliphatic heterocycles. The highest BCUT2D eigenvalue weighted by Gasteiger charge is 2.71. The Balaban J connectivity index is 1.40. The van der Waals surface area contributed by atoms with Gasteiger partial charge in [-0.1, -0.05) is 46.8 Å². The van der Waals surface area contributed by atoms with E-state index in [0.717, 1.165) is 25.7 Å². The number of carboxylic acid groups (broad SMARTS) is 1. The first kappa shape index (κ1) is 35.5. The average molecular weight is 641 g/mol. The molecule has 5 rings (SSSR count). The summed E-state index contributed by atoms with van der Waals surface area (Å²) in [6.07, 6.45) is 12.7. The van der Waals surface area contributed by atoms with Crippen LogP contribution in [0.15, 0.2) is 12.2 Å². The molecule has 0 amide bonds. The molecule has 5 aliphatic carbocycles. The highest BCUT2D eigenvalue weighted by atomic mass is 16.5. The Hall–Kier alpha value is -1.85. The van der Waals surface area contributed by atoms with Crippen LogP contribution in [0, 0.1) is 62.1 Å². The van der Waals surface area contributed by atoms with Crippen LogP contribution in [0.1, 0.15) is 146 Å². The highest BCUT2D eigenvalue weighted by molar-refractivity contribution is 5.81. The molecular formula is C40H64O6. The van der Waals surface area contributed by atoms with Gasteiger partial charge in [-0.15, -0.1) is 0 Å². The minimum atomic E-state index is -1.13. The van der Waals surface area contributed by atoms with Crippen molar-refractivity contribution in [2.75, 3.05) is 6.61 Å². The molecule has 0 aromatic rings. The van der Waals surface area contributed by atoms with Crippen LogP contribution in [-0.4, -0.2) is 35.7 Å². The molecule has 0 radical (unpaired) electrons. The number of aliphatic carboxylic acids is 1. The lowest BCUT2D eigenvalue weighted by Crippen LogP contribution is -2.66. The molecule has 5 saturated carbocycles. The third-order valence-electron chi connectivity index (χ3n) is 15.7. The first-order chi connectivity index (χ1) is 21.3. The molecule has 1 N–H and O–H groups in total. The van der Waals surface area contributed by atoms with E-state index in [2.05, 4.69) is 48.1 Å². The van der Waals surface area contributed by atoms with Crippen LogP contribution in [0.5, 0.6) is 0 Å². The van der Waals surface area contributed by atoms with Gasteiger partial charge in [0.15, 0.2) is 0 Å². The van der Waals surface area contributed by atoms with Gasteiger partial charge in [0.25, 0.3) is 0 Å². The van der Waals surface area contributed by atoms with Gasteiger partial charge in [0.1, 0.15) is 6.10 Å². The molecule has 0 unspecified atom stereocenters. The van der Waals surface area contributed by atoms with Crippen molar-refractivity contribution in [1.29, 1.82) is 0 Å². The van der Waals surface area contributed by atoms with Gasteiger partial charge >= 0.3 is 17.9 Å². The van der Waals surface area contributed by atoms with Gasteiger partial charge in [-0.3, -0.25) is 14.4 Å². The minimum absolute atomic E-state index is 0.0425. The molecule has 5 fully saturated rings. The van der Waals surface area contributed by atoms with E-state index in [-0.39, 0.29) is 51.5 Å². The Morgan fingerprint density at radius 3 is 2.17 bits per heavy atom. The van der Waals surface area contributed by atoms with E-state index in [1.165, 1.54) is 50.5 Å². The predicted molar refractivity (Wildman–Crippen MR) is 181 cm³/mol. The van der Waals surface area contributed by atoms with Crippen molar-refractivity contribution < 1.29 is 29.0 Å². The van der Waals surface area contributed by atoms with Gasteiger partial charge in [0.05, 0.1) is 18.4 Å². The molecule has 6 nitrogen and oxygen atoms in total. The quantitative estimate of drug-likeness (QED) is 0.199. The first-order valence-corrected chi connectivity index (χ1v) is 18.5. The predicted octanol–water partition coefficient (Wildman–Crippen LogP) is 9.40. The van der Waals surface area contributed by atoms with Crippen LogP contribution in [0.3, 0.4) is 0 Å². The van der Waals surface area contributed by atoms with Gasteiger partial charge in [0, 0.05) is 11.8 Å². The number of hydrogen-bond acceptors (Lipinski definition) is 5. The molecule has 0 aromatic carbocycles. The summed E-state index contributed by atoms with van der Waals surface area (Å²) >= 11 is 0. The summed E-state index contributed by atoms with van der Waals surface area (Å²) in [5.74, 6) is 1.41. The molecule has 46 heavy (non-hydrogen) atoms.